The summed E-state index contributed by atoms with van der Waals surface area (Å²) in [5.41, 5.74) is 7.37. The molecule has 2 unspecified atom stereocenters. The van der Waals surface area contributed by atoms with Crippen molar-refractivity contribution in [1.82, 2.24) is 24.9 Å². The van der Waals surface area contributed by atoms with Crippen LogP contribution < -0.4 is 10.2 Å². The van der Waals surface area contributed by atoms with Gasteiger partial charge in [-0.25, -0.2) is 9.50 Å². The fourth-order valence-electron chi connectivity index (χ4n) is 5.01. The molecule has 0 amide bonds. The summed E-state index contributed by atoms with van der Waals surface area (Å²) >= 11 is 0. The summed E-state index contributed by atoms with van der Waals surface area (Å²) in [7, 11) is 0. The minimum Gasteiger partial charge on any atom is -0.364 e. The summed E-state index contributed by atoms with van der Waals surface area (Å²) in [6.07, 6.45) is 7.73. The number of pyridine rings is 1. The zero-order chi connectivity index (χ0) is 22.4. The Bertz CT molecular complexity index is 1420. The highest BCUT2D eigenvalue weighted by molar-refractivity contribution is 5.97. The molecule has 0 bridgehead atoms. The lowest BCUT2D eigenvalue weighted by molar-refractivity contribution is 0.432. The predicted molar refractivity (Wildman–Crippen MR) is 133 cm³/mol. The second-order valence-corrected chi connectivity index (χ2v) is 8.86. The molecule has 1 aliphatic heterocycles. The molecular weight excluding hydrogens is 408 g/mol. The Balaban J connectivity index is 1.35. The highest BCUT2D eigenvalue weighted by atomic mass is 15.2. The summed E-state index contributed by atoms with van der Waals surface area (Å²) in [6, 6.07) is 20.0. The van der Waals surface area contributed by atoms with Crippen LogP contribution in [0.3, 0.4) is 0 Å². The number of anilines is 1. The number of aromatic nitrogens is 4. The van der Waals surface area contributed by atoms with Crippen molar-refractivity contribution >= 4 is 22.2 Å². The van der Waals surface area contributed by atoms with Gasteiger partial charge in [0.2, 0.25) is 0 Å². The molecular formula is C27H26N6. The first-order chi connectivity index (χ1) is 16.2. The number of hydrogen-bond acceptors (Lipinski definition) is 5. The maximum atomic E-state index is 4.80. The van der Waals surface area contributed by atoms with Crippen molar-refractivity contribution in [2.24, 2.45) is 0 Å². The fourth-order valence-corrected chi connectivity index (χ4v) is 5.01. The zero-order valence-corrected chi connectivity index (χ0v) is 18.8. The number of nitrogens with one attached hydrogen (secondary N) is 1. The highest BCUT2D eigenvalue weighted by Crippen LogP contribution is 2.31. The number of para-hydroxylation sites is 1. The second kappa shape index (κ2) is 7.98. The summed E-state index contributed by atoms with van der Waals surface area (Å²) in [4.78, 5) is 11.8. The molecule has 3 aromatic heterocycles. The van der Waals surface area contributed by atoms with Gasteiger partial charge in [-0.3, -0.25) is 4.98 Å². The van der Waals surface area contributed by atoms with Crippen LogP contribution in [0.25, 0.3) is 38.8 Å². The second-order valence-electron chi connectivity index (χ2n) is 8.86. The smallest absolute Gasteiger partial charge is 0.162 e. The van der Waals surface area contributed by atoms with E-state index in [9.17, 15) is 0 Å². The Morgan fingerprint density at radius 1 is 0.818 bits per heavy atom. The first-order valence-electron chi connectivity index (χ1n) is 11.5. The molecule has 2 atom stereocenters. The van der Waals surface area contributed by atoms with E-state index in [0.29, 0.717) is 12.1 Å². The number of piperazine rings is 1. The molecule has 0 radical (unpaired) electrons. The topological polar surface area (TPSA) is 58.3 Å². The number of fused-ring (bicyclic) bond motifs is 2. The third kappa shape index (κ3) is 3.43. The average molecular weight is 435 g/mol. The van der Waals surface area contributed by atoms with Crippen LogP contribution in [0, 0.1) is 0 Å². The van der Waals surface area contributed by atoms with E-state index in [-0.39, 0.29) is 0 Å². The molecule has 1 N–H and O–H groups in total. The monoisotopic (exact) mass is 434 g/mol. The molecule has 33 heavy (non-hydrogen) atoms. The van der Waals surface area contributed by atoms with E-state index >= 15 is 0 Å². The Hall–Kier alpha value is -3.77. The Kier molecular flexibility index (Phi) is 4.80. The Labute approximate surface area is 192 Å². The largest absolute Gasteiger partial charge is 0.364 e. The van der Waals surface area contributed by atoms with E-state index in [1.807, 2.05) is 47.4 Å². The maximum Gasteiger partial charge on any atom is 0.162 e. The van der Waals surface area contributed by atoms with Gasteiger partial charge in [0.25, 0.3) is 0 Å². The van der Waals surface area contributed by atoms with Crippen LogP contribution in [-0.4, -0.2) is 44.8 Å². The van der Waals surface area contributed by atoms with Crippen LogP contribution in [0.4, 0.5) is 5.69 Å². The number of nitrogens with zero attached hydrogens (tertiary/aromatic N) is 5. The number of hydrogen-bond donors (Lipinski definition) is 1. The molecule has 0 spiro atoms. The SMILES string of the molecule is CC1CNCC(C)N1c1ccc(-c2cnc3c(-c4ccnc5ccccc45)cnn3c2)cc1. The molecule has 6 rings (SSSR count). The first-order valence-corrected chi connectivity index (χ1v) is 11.5. The molecule has 1 fully saturated rings. The Morgan fingerprint density at radius 3 is 2.42 bits per heavy atom. The number of rotatable bonds is 3. The van der Waals surface area contributed by atoms with E-state index in [1.165, 1.54) is 5.69 Å². The summed E-state index contributed by atoms with van der Waals surface area (Å²) in [5, 5.41) is 9.22. The molecule has 6 nitrogen and oxygen atoms in total. The van der Waals surface area contributed by atoms with E-state index in [1.54, 1.807) is 0 Å². The quantitative estimate of drug-likeness (QED) is 0.442. The molecule has 6 heteroatoms. The molecule has 0 aliphatic carbocycles. The van der Waals surface area contributed by atoms with Gasteiger partial charge < -0.3 is 10.2 Å². The first kappa shape index (κ1) is 19.9. The molecule has 2 aromatic carbocycles. The van der Waals surface area contributed by atoms with E-state index in [4.69, 9.17) is 4.98 Å². The van der Waals surface area contributed by atoms with Gasteiger partial charge >= 0.3 is 0 Å². The lowest BCUT2D eigenvalue weighted by Gasteiger charge is -2.41. The van der Waals surface area contributed by atoms with Crippen LogP contribution in [0.5, 0.6) is 0 Å². The molecule has 164 valence electrons. The molecule has 5 aromatic rings. The van der Waals surface area contributed by atoms with Crippen LogP contribution >= 0.6 is 0 Å². The van der Waals surface area contributed by atoms with Gasteiger partial charge in [-0.2, -0.15) is 5.10 Å². The van der Waals surface area contributed by atoms with Crippen molar-refractivity contribution in [3.05, 3.63) is 79.4 Å². The summed E-state index contributed by atoms with van der Waals surface area (Å²) in [6.45, 7) is 6.58. The predicted octanol–water partition coefficient (Wildman–Crippen LogP) is 4.80. The zero-order valence-electron chi connectivity index (χ0n) is 18.8. The summed E-state index contributed by atoms with van der Waals surface area (Å²) < 4.78 is 1.87. The number of benzene rings is 2. The van der Waals surface area contributed by atoms with Gasteiger partial charge in [-0.05, 0) is 49.2 Å². The standard InChI is InChI=1S/C27H26N6/c1-18-13-28-14-19(2)33(18)22-9-7-20(8-10-22)21-15-30-27-25(16-31-32(27)17-21)23-11-12-29-26-6-4-3-5-24(23)26/h3-12,15-19,28H,13-14H2,1-2H3. The summed E-state index contributed by atoms with van der Waals surface area (Å²) in [5.74, 6) is 0. The van der Waals surface area contributed by atoms with Gasteiger partial charge in [0.05, 0.1) is 11.7 Å². The van der Waals surface area contributed by atoms with Gasteiger partial charge in [0, 0.05) is 66.0 Å². The molecule has 1 aliphatic rings. The van der Waals surface area contributed by atoms with E-state index in [0.717, 1.165) is 51.9 Å². The van der Waals surface area contributed by atoms with Crippen molar-refractivity contribution < 1.29 is 0 Å². The van der Waals surface area contributed by atoms with Gasteiger partial charge in [0.15, 0.2) is 5.65 Å². The van der Waals surface area contributed by atoms with Crippen molar-refractivity contribution in [2.75, 3.05) is 18.0 Å². The average Bonchev–Trinajstić information content (AvgIpc) is 3.27. The van der Waals surface area contributed by atoms with Crippen LogP contribution in [0.2, 0.25) is 0 Å². The third-order valence-electron chi connectivity index (χ3n) is 6.62. The lowest BCUT2D eigenvalue weighted by atomic mass is 10.0. The van der Waals surface area contributed by atoms with E-state index in [2.05, 4.69) is 70.7 Å². The van der Waals surface area contributed by atoms with Crippen LogP contribution in [0.1, 0.15) is 13.8 Å². The third-order valence-corrected chi connectivity index (χ3v) is 6.62. The molecule has 4 heterocycles. The van der Waals surface area contributed by atoms with Crippen LogP contribution in [-0.2, 0) is 0 Å². The highest BCUT2D eigenvalue weighted by Gasteiger charge is 2.24. The Morgan fingerprint density at radius 2 is 1.61 bits per heavy atom. The van der Waals surface area contributed by atoms with Crippen molar-refractivity contribution in [1.29, 1.82) is 0 Å². The minimum atomic E-state index is 0.476. The fraction of sp³-hybridized carbons (Fsp3) is 0.222. The van der Waals surface area contributed by atoms with Crippen molar-refractivity contribution in [2.45, 2.75) is 25.9 Å². The molecule has 1 saturated heterocycles. The lowest BCUT2D eigenvalue weighted by Crippen LogP contribution is -2.55. The van der Waals surface area contributed by atoms with E-state index < -0.39 is 0 Å². The van der Waals surface area contributed by atoms with Crippen molar-refractivity contribution in [3.8, 4) is 22.3 Å². The minimum absolute atomic E-state index is 0.476. The molecule has 0 saturated carbocycles. The normalized spacial score (nSPS) is 18.8. The van der Waals surface area contributed by atoms with Crippen LogP contribution in [0.15, 0.2) is 79.4 Å². The maximum absolute atomic E-state index is 4.80. The van der Waals surface area contributed by atoms with Crippen molar-refractivity contribution in [3.63, 3.8) is 0 Å². The van der Waals surface area contributed by atoms with Gasteiger partial charge in [0.1, 0.15) is 0 Å². The van der Waals surface area contributed by atoms with Gasteiger partial charge in [-0.1, -0.05) is 30.3 Å². The van der Waals surface area contributed by atoms with Gasteiger partial charge in [-0.15, -0.1) is 0 Å².